The fourth-order valence-corrected chi connectivity index (χ4v) is 4.76. The van der Waals surface area contributed by atoms with Gasteiger partial charge in [0.25, 0.3) is 10.2 Å². The molecule has 0 saturated carbocycles. The Morgan fingerprint density at radius 1 is 1.07 bits per heavy atom. The van der Waals surface area contributed by atoms with Gasteiger partial charge in [0.15, 0.2) is 6.54 Å². The largest absolute Gasteiger partial charge is 1.00 e. The number of rotatable bonds is 7. The minimum Gasteiger partial charge on any atom is -1.00 e. The van der Waals surface area contributed by atoms with Crippen LogP contribution in [-0.2, 0) is 32.7 Å². The molecular formula is C19H20Cl2N2O3S. The summed E-state index contributed by atoms with van der Waals surface area (Å²) in [5.41, 5.74) is 1.86. The highest BCUT2D eigenvalue weighted by Gasteiger charge is 2.61. The zero-order valence-corrected chi connectivity index (χ0v) is 16.8. The van der Waals surface area contributed by atoms with Gasteiger partial charge in [-0.15, -0.1) is 0 Å². The molecule has 1 aliphatic heterocycles. The van der Waals surface area contributed by atoms with Gasteiger partial charge in [0.05, 0.1) is 5.75 Å². The molecule has 2 aromatic rings. The Morgan fingerprint density at radius 2 is 1.63 bits per heavy atom. The molecule has 8 heteroatoms. The topological polar surface area (TPSA) is 67.7 Å². The van der Waals surface area contributed by atoms with Crippen molar-refractivity contribution in [2.45, 2.75) is 23.0 Å². The lowest BCUT2D eigenvalue weighted by Gasteiger charge is -2.39. The van der Waals surface area contributed by atoms with Crippen molar-refractivity contribution in [2.75, 3.05) is 6.54 Å². The van der Waals surface area contributed by atoms with Crippen LogP contribution >= 0.6 is 11.6 Å². The first kappa shape index (κ1) is 21.6. The van der Waals surface area contributed by atoms with E-state index in [1.165, 1.54) is 0 Å². The lowest BCUT2D eigenvalue weighted by molar-refractivity contribution is -0.866. The van der Waals surface area contributed by atoms with Crippen LogP contribution in [0.15, 0.2) is 60.7 Å². The van der Waals surface area contributed by atoms with E-state index in [0.29, 0.717) is 6.54 Å². The number of quaternary nitrogens is 1. The molecular weight excluding hydrogens is 407 g/mol. The number of amides is 2. The quantitative estimate of drug-likeness (QED) is 0.304. The van der Waals surface area contributed by atoms with E-state index in [-0.39, 0.29) is 47.8 Å². The van der Waals surface area contributed by atoms with E-state index in [1.807, 2.05) is 60.7 Å². The molecule has 1 aliphatic rings. The van der Waals surface area contributed by atoms with E-state index in [2.05, 4.69) is 5.32 Å². The maximum Gasteiger partial charge on any atom is 0.323 e. The van der Waals surface area contributed by atoms with Crippen LogP contribution in [-0.4, -0.2) is 26.9 Å². The summed E-state index contributed by atoms with van der Waals surface area (Å²) in [7, 11) is -1.47. The van der Waals surface area contributed by atoms with Gasteiger partial charge in [0.1, 0.15) is 17.2 Å². The number of β-lactam (4-membered cyclic amide) rings is 1. The van der Waals surface area contributed by atoms with E-state index in [0.717, 1.165) is 11.1 Å². The number of hydrogen-bond acceptors (Lipinski definition) is 3. The predicted molar refractivity (Wildman–Crippen MR) is 101 cm³/mol. The fraction of sp³-hybridized carbons (Fsp3) is 0.263. The number of nitrogens with one attached hydrogen (secondary N) is 2. The molecule has 3 rings (SSSR count). The average molecular weight is 427 g/mol. The standard InChI is InChI=1S/C19H19ClN2O3S.ClH/c20-19(26(25)14-16-9-5-2-6-10-16)11-18(24)22(19)13-17(23)21-12-15-7-3-1-4-8-15;/h1-10H,11-14H2,(H,21,23);1H. The summed E-state index contributed by atoms with van der Waals surface area (Å²) in [6.45, 7) is 0.263. The third-order valence-electron chi connectivity index (χ3n) is 4.35. The van der Waals surface area contributed by atoms with Crippen molar-refractivity contribution in [1.82, 2.24) is 5.32 Å². The summed E-state index contributed by atoms with van der Waals surface area (Å²) >= 11 is 6.49. The summed E-state index contributed by atoms with van der Waals surface area (Å²) in [6.07, 6.45) is 0.00923. The van der Waals surface area contributed by atoms with Gasteiger partial charge in [0.2, 0.25) is 0 Å². The Labute approximate surface area is 172 Å². The van der Waals surface area contributed by atoms with E-state index in [4.69, 9.17) is 11.6 Å². The molecule has 1 fully saturated rings. The number of alkyl halides is 1. The molecule has 3 atom stereocenters. The SMILES string of the molecule is O=C(C[NH+]1C(=O)CC1(Cl)S(=O)Cc1ccccc1)NCc1ccccc1.[Cl-]. The van der Waals surface area contributed by atoms with Crippen LogP contribution in [0.2, 0.25) is 0 Å². The molecule has 0 aliphatic carbocycles. The molecule has 2 aromatic carbocycles. The van der Waals surface area contributed by atoms with E-state index >= 15 is 0 Å². The number of carbonyl (C=O) groups excluding carboxylic acids is 2. The minimum atomic E-state index is -1.47. The van der Waals surface area contributed by atoms with Crippen molar-refractivity contribution in [2.24, 2.45) is 0 Å². The molecule has 27 heavy (non-hydrogen) atoms. The lowest BCUT2D eigenvalue weighted by Crippen LogP contribution is -3.29. The highest BCUT2D eigenvalue weighted by Crippen LogP contribution is 2.26. The minimum absolute atomic E-state index is 0. The number of hydrogen-bond donors (Lipinski definition) is 2. The highest BCUT2D eigenvalue weighted by atomic mass is 35.5. The van der Waals surface area contributed by atoms with Gasteiger partial charge < -0.3 is 17.7 Å². The smallest absolute Gasteiger partial charge is 0.323 e. The van der Waals surface area contributed by atoms with E-state index in [1.54, 1.807) is 0 Å². The monoisotopic (exact) mass is 426 g/mol. The lowest BCUT2D eigenvalue weighted by atomic mass is 10.2. The van der Waals surface area contributed by atoms with Crippen molar-refractivity contribution >= 4 is 34.2 Å². The van der Waals surface area contributed by atoms with Gasteiger partial charge in [-0.25, -0.2) is 9.69 Å². The summed E-state index contributed by atoms with van der Waals surface area (Å²) in [6, 6.07) is 18.8. The van der Waals surface area contributed by atoms with Crippen molar-refractivity contribution in [3.8, 4) is 0 Å². The summed E-state index contributed by atoms with van der Waals surface area (Å²) in [4.78, 5) is 24.4. The summed E-state index contributed by atoms with van der Waals surface area (Å²) in [5, 5.41) is 2.78. The van der Waals surface area contributed by atoms with Crippen LogP contribution in [0.1, 0.15) is 17.5 Å². The number of carbonyl (C=O) groups is 2. The van der Waals surface area contributed by atoms with Crippen LogP contribution in [0, 0.1) is 0 Å². The molecule has 3 unspecified atom stereocenters. The second kappa shape index (κ2) is 9.46. The van der Waals surface area contributed by atoms with E-state index < -0.39 is 15.1 Å². The number of likely N-dealkylation sites (tertiary alicyclic amines) is 1. The van der Waals surface area contributed by atoms with Crippen molar-refractivity contribution in [3.05, 3.63) is 71.8 Å². The van der Waals surface area contributed by atoms with Crippen molar-refractivity contribution < 1.29 is 31.1 Å². The maximum absolute atomic E-state index is 12.7. The van der Waals surface area contributed by atoms with Gasteiger partial charge in [-0.05, 0) is 22.7 Å². The molecule has 5 nitrogen and oxygen atoms in total. The second-order valence-electron chi connectivity index (χ2n) is 6.22. The van der Waals surface area contributed by atoms with Gasteiger partial charge in [-0.1, -0.05) is 60.7 Å². The average Bonchev–Trinajstić information content (AvgIpc) is 2.66. The molecule has 0 spiro atoms. The van der Waals surface area contributed by atoms with Crippen molar-refractivity contribution in [1.29, 1.82) is 0 Å². The van der Waals surface area contributed by atoms with Gasteiger partial charge >= 0.3 is 5.91 Å². The molecule has 0 aromatic heterocycles. The van der Waals surface area contributed by atoms with Crippen LogP contribution in [0.5, 0.6) is 0 Å². The Hall–Kier alpha value is -1.73. The second-order valence-corrected chi connectivity index (χ2v) is 8.77. The molecule has 2 amide bonds. The molecule has 1 saturated heterocycles. The Morgan fingerprint density at radius 3 is 2.19 bits per heavy atom. The fourth-order valence-electron chi connectivity index (χ4n) is 2.83. The molecule has 144 valence electrons. The van der Waals surface area contributed by atoms with Crippen LogP contribution in [0.4, 0.5) is 0 Å². The van der Waals surface area contributed by atoms with Crippen molar-refractivity contribution in [3.63, 3.8) is 0 Å². The highest BCUT2D eigenvalue weighted by molar-refractivity contribution is 7.87. The Kier molecular flexibility index (Phi) is 7.56. The zero-order valence-electron chi connectivity index (χ0n) is 14.5. The first-order chi connectivity index (χ1) is 12.5. The predicted octanol–water partition coefficient (Wildman–Crippen LogP) is -2.04. The van der Waals surface area contributed by atoms with E-state index in [9.17, 15) is 13.8 Å². The number of halogens is 2. The van der Waals surface area contributed by atoms with Crippen LogP contribution in [0.3, 0.4) is 0 Å². The first-order valence-corrected chi connectivity index (χ1v) is 10.00. The third kappa shape index (κ3) is 5.17. The van der Waals surface area contributed by atoms with Gasteiger partial charge in [-0.2, -0.15) is 0 Å². The molecule has 2 N–H and O–H groups in total. The van der Waals surface area contributed by atoms with Gasteiger partial charge in [-0.3, -0.25) is 9.00 Å². The Balaban J connectivity index is 0.00000261. The Bertz CT molecular complexity index is 820. The number of benzene rings is 2. The van der Waals surface area contributed by atoms with Crippen LogP contribution < -0.4 is 22.6 Å². The maximum atomic E-state index is 12.7. The molecule has 1 heterocycles. The molecule has 0 bridgehead atoms. The first-order valence-electron chi connectivity index (χ1n) is 8.30. The third-order valence-corrected chi connectivity index (χ3v) is 6.93. The van der Waals surface area contributed by atoms with Crippen LogP contribution in [0.25, 0.3) is 0 Å². The summed E-state index contributed by atoms with van der Waals surface area (Å²) in [5.74, 6) is -0.220. The summed E-state index contributed by atoms with van der Waals surface area (Å²) < 4.78 is 11.5. The molecule has 0 radical (unpaired) electrons. The normalized spacial score (nSPS) is 22.3. The van der Waals surface area contributed by atoms with Gasteiger partial charge in [0, 0.05) is 6.54 Å². The zero-order chi connectivity index (χ0) is 18.6.